The van der Waals surface area contributed by atoms with E-state index in [-0.39, 0.29) is 42.3 Å². The molecule has 2 N–H and O–H groups in total. The lowest BCUT2D eigenvalue weighted by Gasteiger charge is -2.25. The summed E-state index contributed by atoms with van der Waals surface area (Å²) < 4.78 is 0. The number of rotatable bonds is 10. The van der Waals surface area contributed by atoms with E-state index in [0.717, 1.165) is 6.42 Å². The molecule has 0 aromatic rings. The number of amides is 2. The molecule has 142 valence electrons. The molecule has 0 aliphatic rings. The smallest absolute Gasteiger partial charge is 0.242 e. The molecule has 0 atom stereocenters. The average Bonchev–Trinajstić information content (AvgIpc) is 2.53. The number of carbonyl (C=O) groups excluding carboxylic acids is 2. The Morgan fingerprint density at radius 1 is 1.04 bits per heavy atom. The Morgan fingerprint density at radius 2 is 1.67 bits per heavy atom. The molecule has 0 aliphatic heterocycles. The topological polar surface area (TPSA) is 77.0 Å². The zero-order valence-electron chi connectivity index (χ0n) is 15.7. The Balaban J connectivity index is 0. The summed E-state index contributed by atoms with van der Waals surface area (Å²) in [7, 11) is 1.83. The summed E-state index contributed by atoms with van der Waals surface area (Å²) in [5.41, 5.74) is 0. The molecule has 8 heteroatoms. The van der Waals surface area contributed by atoms with E-state index in [0.29, 0.717) is 45.1 Å². The monoisotopic (exact) mass is 455 g/mol. The van der Waals surface area contributed by atoms with E-state index in [1.165, 1.54) is 0 Å². The first-order chi connectivity index (χ1) is 11.0. The third-order valence-electron chi connectivity index (χ3n) is 3.36. The normalized spacial score (nSPS) is 10.6. The number of halogens is 1. The Labute approximate surface area is 163 Å². The van der Waals surface area contributed by atoms with Crippen molar-refractivity contribution < 1.29 is 9.59 Å². The van der Waals surface area contributed by atoms with Gasteiger partial charge in [0.15, 0.2) is 5.96 Å². The highest BCUT2D eigenvalue weighted by Gasteiger charge is 2.14. The lowest BCUT2D eigenvalue weighted by atomic mass is 10.4. The van der Waals surface area contributed by atoms with Gasteiger partial charge in [0, 0.05) is 39.6 Å². The molecule has 0 aliphatic carbocycles. The minimum Gasteiger partial charge on any atom is -0.357 e. The number of guanidine groups is 1. The molecule has 0 aromatic heterocycles. The van der Waals surface area contributed by atoms with E-state index in [1.807, 2.05) is 34.7 Å². The second kappa shape index (κ2) is 15.5. The van der Waals surface area contributed by atoms with Crippen LogP contribution in [0.25, 0.3) is 0 Å². The van der Waals surface area contributed by atoms with E-state index >= 15 is 0 Å². The highest BCUT2D eigenvalue weighted by Crippen LogP contribution is 1.94. The van der Waals surface area contributed by atoms with Crippen molar-refractivity contribution in [1.82, 2.24) is 20.4 Å². The van der Waals surface area contributed by atoms with Gasteiger partial charge in [-0.3, -0.25) is 14.6 Å². The predicted molar refractivity (Wildman–Crippen MR) is 110 cm³/mol. The van der Waals surface area contributed by atoms with E-state index in [1.54, 1.807) is 9.80 Å². The minimum atomic E-state index is 0. The highest BCUT2D eigenvalue weighted by atomic mass is 127. The lowest BCUT2D eigenvalue weighted by molar-refractivity contribution is -0.131. The molecule has 0 saturated carbocycles. The quantitative estimate of drug-likeness (QED) is 0.296. The number of hydrogen-bond acceptors (Lipinski definition) is 3. The molecule has 0 rings (SSSR count). The second-order valence-corrected chi connectivity index (χ2v) is 5.26. The highest BCUT2D eigenvalue weighted by molar-refractivity contribution is 14.0. The van der Waals surface area contributed by atoms with Gasteiger partial charge in [-0.25, -0.2) is 0 Å². The first-order valence-corrected chi connectivity index (χ1v) is 8.53. The summed E-state index contributed by atoms with van der Waals surface area (Å²) in [5, 5.41) is 5.98. The molecular weight excluding hydrogens is 421 g/mol. The summed E-state index contributed by atoms with van der Waals surface area (Å²) in [6.07, 6.45) is 1.28. The van der Waals surface area contributed by atoms with Crippen molar-refractivity contribution in [2.24, 2.45) is 4.99 Å². The summed E-state index contributed by atoms with van der Waals surface area (Å²) in [5.74, 6) is 0.730. The van der Waals surface area contributed by atoms with Gasteiger partial charge in [-0.15, -0.1) is 24.0 Å². The molecule has 0 aromatic carbocycles. The average molecular weight is 455 g/mol. The predicted octanol–water partition coefficient (Wildman–Crippen LogP) is 1.29. The molecule has 24 heavy (non-hydrogen) atoms. The van der Waals surface area contributed by atoms with Gasteiger partial charge in [0.1, 0.15) is 0 Å². The Hall–Kier alpha value is -1.06. The van der Waals surface area contributed by atoms with Gasteiger partial charge in [0.2, 0.25) is 11.8 Å². The number of hydrogen-bond donors (Lipinski definition) is 2. The largest absolute Gasteiger partial charge is 0.357 e. The standard InChI is InChI=1S/C16H33N5O2.HI/c1-6-11-18-14(22)10-12-19-16(17-7-2)20(5)13-15(23)21(8-3)9-4;/h6-13H2,1-5H3,(H,17,19)(H,18,22);1H. The molecule has 0 spiro atoms. The van der Waals surface area contributed by atoms with Crippen LogP contribution in [0.1, 0.15) is 40.5 Å². The van der Waals surface area contributed by atoms with Crippen molar-refractivity contribution in [3.8, 4) is 0 Å². The first-order valence-electron chi connectivity index (χ1n) is 8.53. The Kier molecular flexibility index (Phi) is 16.2. The van der Waals surface area contributed by atoms with Gasteiger partial charge in [0.05, 0.1) is 13.1 Å². The van der Waals surface area contributed by atoms with Crippen LogP contribution in [-0.4, -0.2) is 73.9 Å². The molecule has 0 radical (unpaired) electrons. The molecule has 2 amide bonds. The molecular formula is C16H34IN5O2. The van der Waals surface area contributed by atoms with Crippen molar-refractivity contribution in [2.75, 3.05) is 46.3 Å². The molecule has 0 bridgehead atoms. The lowest BCUT2D eigenvalue weighted by Crippen LogP contribution is -2.45. The maximum atomic E-state index is 12.2. The van der Waals surface area contributed by atoms with Crippen LogP contribution in [0.4, 0.5) is 0 Å². The van der Waals surface area contributed by atoms with Crippen molar-refractivity contribution in [2.45, 2.75) is 40.5 Å². The third kappa shape index (κ3) is 10.7. The number of likely N-dealkylation sites (N-methyl/N-ethyl adjacent to an activating group) is 2. The van der Waals surface area contributed by atoms with Crippen LogP contribution < -0.4 is 10.6 Å². The van der Waals surface area contributed by atoms with Crippen molar-refractivity contribution in [3.63, 3.8) is 0 Å². The zero-order chi connectivity index (χ0) is 17.7. The SMILES string of the molecule is CCCNC(=O)CCN=C(NCC)N(C)CC(=O)N(CC)CC.I. The molecule has 7 nitrogen and oxygen atoms in total. The van der Waals surface area contributed by atoms with Crippen LogP contribution in [-0.2, 0) is 9.59 Å². The second-order valence-electron chi connectivity index (χ2n) is 5.26. The first kappa shape index (κ1) is 25.2. The number of aliphatic imine (C=N–C) groups is 1. The minimum absolute atomic E-state index is 0. The van der Waals surface area contributed by atoms with Crippen LogP contribution in [0.3, 0.4) is 0 Å². The Morgan fingerprint density at radius 3 is 2.17 bits per heavy atom. The van der Waals surface area contributed by atoms with Gasteiger partial charge in [-0.1, -0.05) is 6.92 Å². The molecule has 0 fully saturated rings. The van der Waals surface area contributed by atoms with Crippen LogP contribution in [0, 0.1) is 0 Å². The van der Waals surface area contributed by atoms with Gasteiger partial charge < -0.3 is 20.4 Å². The van der Waals surface area contributed by atoms with Crippen LogP contribution in [0.2, 0.25) is 0 Å². The van der Waals surface area contributed by atoms with E-state index in [9.17, 15) is 9.59 Å². The maximum Gasteiger partial charge on any atom is 0.242 e. The van der Waals surface area contributed by atoms with Crippen LogP contribution in [0.5, 0.6) is 0 Å². The van der Waals surface area contributed by atoms with E-state index < -0.39 is 0 Å². The number of nitrogens with one attached hydrogen (secondary N) is 2. The van der Waals surface area contributed by atoms with Crippen LogP contribution >= 0.6 is 24.0 Å². The van der Waals surface area contributed by atoms with E-state index in [4.69, 9.17) is 0 Å². The fourth-order valence-corrected chi connectivity index (χ4v) is 2.04. The van der Waals surface area contributed by atoms with Gasteiger partial charge >= 0.3 is 0 Å². The summed E-state index contributed by atoms with van der Waals surface area (Å²) in [4.78, 5) is 31.8. The van der Waals surface area contributed by atoms with Crippen molar-refractivity contribution in [3.05, 3.63) is 0 Å². The van der Waals surface area contributed by atoms with Crippen molar-refractivity contribution >= 4 is 41.8 Å². The summed E-state index contributed by atoms with van der Waals surface area (Å²) in [6, 6.07) is 0. The maximum absolute atomic E-state index is 12.2. The molecule has 0 heterocycles. The number of carbonyl (C=O) groups is 2. The third-order valence-corrected chi connectivity index (χ3v) is 3.36. The molecule has 0 saturated heterocycles. The van der Waals surface area contributed by atoms with Crippen molar-refractivity contribution in [1.29, 1.82) is 0 Å². The molecule has 0 unspecified atom stereocenters. The van der Waals surface area contributed by atoms with E-state index in [2.05, 4.69) is 15.6 Å². The fourth-order valence-electron chi connectivity index (χ4n) is 2.04. The summed E-state index contributed by atoms with van der Waals surface area (Å²) >= 11 is 0. The van der Waals surface area contributed by atoms with Crippen LogP contribution in [0.15, 0.2) is 4.99 Å². The zero-order valence-corrected chi connectivity index (χ0v) is 18.1. The Bertz CT molecular complexity index is 387. The van der Waals surface area contributed by atoms with Gasteiger partial charge in [0.25, 0.3) is 0 Å². The summed E-state index contributed by atoms with van der Waals surface area (Å²) in [6.45, 7) is 11.4. The van der Waals surface area contributed by atoms with Gasteiger partial charge in [-0.05, 0) is 27.2 Å². The fraction of sp³-hybridized carbons (Fsp3) is 0.812. The number of nitrogens with zero attached hydrogens (tertiary/aromatic N) is 3. The van der Waals surface area contributed by atoms with Gasteiger partial charge in [-0.2, -0.15) is 0 Å².